The summed E-state index contributed by atoms with van der Waals surface area (Å²) in [4.78, 5) is 10.2. The van der Waals surface area contributed by atoms with Crippen LogP contribution in [-0.4, -0.2) is 12.2 Å². The molecule has 2 amide bonds. The van der Waals surface area contributed by atoms with E-state index in [1.807, 2.05) is 5.43 Å². The molecule has 64 valence electrons. The molecule has 0 atom stereocenters. The fourth-order valence-corrected chi connectivity index (χ4v) is 0.875. The van der Waals surface area contributed by atoms with Crippen LogP contribution in [0.15, 0.2) is 26.3 Å². The zero-order chi connectivity index (χ0) is 8.97. The topological polar surface area (TPSA) is 80.6 Å². The highest BCUT2D eigenvalue weighted by atomic mass is 79.9. The van der Waals surface area contributed by atoms with Crippen molar-refractivity contribution in [2.75, 3.05) is 0 Å². The smallest absolute Gasteiger partial charge is 0.332 e. The van der Waals surface area contributed by atoms with Gasteiger partial charge in [0.2, 0.25) is 0 Å². The van der Waals surface area contributed by atoms with Crippen molar-refractivity contribution in [2.45, 2.75) is 0 Å². The van der Waals surface area contributed by atoms with Gasteiger partial charge in [0.05, 0.1) is 10.7 Å². The van der Waals surface area contributed by atoms with E-state index in [1.165, 1.54) is 12.5 Å². The van der Waals surface area contributed by atoms with E-state index in [9.17, 15) is 4.79 Å². The third-order valence-corrected chi connectivity index (χ3v) is 1.37. The Labute approximate surface area is 76.7 Å². The van der Waals surface area contributed by atoms with Crippen molar-refractivity contribution in [1.29, 1.82) is 0 Å². The molecule has 5 nitrogen and oxygen atoms in total. The largest absolute Gasteiger partial charge is 0.462 e. The monoisotopic (exact) mass is 231 g/mol. The maximum absolute atomic E-state index is 10.2. The lowest BCUT2D eigenvalue weighted by Crippen LogP contribution is -2.24. The third kappa shape index (κ3) is 2.75. The molecule has 0 radical (unpaired) electrons. The number of carbonyl (C=O) groups is 1. The van der Waals surface area contributed by atoms with Gasteiger partial charge in [0, 0.05) is 0 Å². The molecule has 0 aliphatic heterocycles. The molecule has 1 heterocycles. The quantitative estimate of drug-likeness (QED) is 0.590. The predicted molar refractivity (Wildman–Crippen MR) is 46.7 cm³/mol. The van der Waals surface area contributed by atoms with Gasteiger partial charge in [0.15, 0.2) is 0 Å². The van der Waals surface area contributed by atoms with Crippen LogP contribution in [0.3, 0.4) is 0 Å². The van der Waals surface area contributed by atoms with Gasteiger partial charge in [0.1, 0.15) is 12.0 Å². The number of urea groups is 1. The van der Waals surface area contributed by atoms with Crippen molar-refractivity contribution < 1.29 is 9.21 Å². The van der Waals surface area contributed by atoms with Gasteiger partial charge in [-0.25, -0.2) is 10.2 Å². The first-order chi connectivity index (χ1) is 5.68. The number of amides is 2. The second-order valence-electron chi connectivity index (χ2n) is 1.90. The van der Waals surface area contributed by atoms with Gasteiger partial charge >= 0.3 is 6.03 Å². The molecule has 3 N–H and O–H groups in total. The summed E-state index contributed by atoms with van der Waals surface area (Å²) < 4.78 is 5.77. The number of rotatable bonds is 2. The molecule has 0 spiro atoms. The van der Waals surface area contributed by atoms with Crippen LogP contribution in [0.25, 0.3) is 0 Å². The van der Waals surface area contributed by atoms with E-state index in [2.05, 4.69) is 21.0 Å². The van der Waals surface area contributed by atoms with Gasteiger partial charge < -0.3 is 10.2 Å². The molecule has 1 aromatic rings. The van der Waals surface area contributed by atoms with E-state index in [-0.39, 0.29) is 0 Å². The molecule has 1 aromatic heterocycles. The van der Waals surface area contributed by atoms with E-state index >= 15 is 0 Å². The number of nitrogens with zero attached hydrogens (tertiary/aromatic N) is 1. The lowest BCUT2D eigenvalue weighted by atomic mass is 10.5. The van der Waals surface area contributed by atoms with Crippen molar-refractivity contribution in [3.63, 3.8) is 0 Å². The van der Waals surface area contributed by atoms with Crippen molar-refractivity contribution >= 4 is 28.2 Å². The molecular weight excluding hydrogens is 226 g/mol. The maximum Gasteiger partial charge on any atom is 0.332 e. The minimum atomic E-state index is -0.711. The summed E-state index contributed by atoms with van der Waals surface area (Å²) in [6.07, 6.45) is 2.85. The standard InChI is InChI=1S/C6H6BrN3O2/c7-4-1-5(12-3-4)2-9-10-6(8)11/h1-3H,(H3,8,10,11)/b9-2+. The summed E-state index contributed by atoms with van der Waals surface area (Å²) in [7, 11) is 0. The SMILES string of the molecule is NC(=O)N/N=C/c1cc(Br)co1. The maximum atomic E-state index is 10.2. The normalized spacial score (nSPS) is 10.4. The number of furan rings is 1. The number of carbonyl (C=O) groups excluding carboxylic acids is 1. The van der Waals surface area contributed by atoms with Crippen LogP contribution in [0.2, 0.25) is 0 Å². The Morgan fingerprint density at radius 3 is 3.08 bits per heavy atom. The Balaban J connectivity index is 2.52. The Kier molecular flexibility index (Phi) is 2.87. The first-order valence-corrected chi connectivity index (χ1v) is 3.80. The molecule has 1 rings (SSSR count). The van der Waals surface area contributed by atoms with Crippen molar-refractivity contribution in [1.82, 2.24) is 5.43 Å². The molecule has 12 heavy (non-hydrogen) atoms. The van der Waals surface area contributed by atoms with Crippen LogP contribution in [0, 0.1) is 0 Å². The summed E-state index contributed by atoms with van der Waals surface area (Å²) >= 11 is 3.19. The predicted octanol–water partition coefficient (Wildman–Crippen LogP) is 1.04. The number of hydrogen-bond acceptors (Lipinski definition) is 3. The minimum Gasteiger partial charge on any atom is -0.462 e. The van der Waals surface area contributed by atoms with Crippen LogP contribution in [0.5, 0.6) is 0 Å². The average Bonchev–Trinajstić information content (AvgIpc) is 2.35. The number of primary amides is 1. The summed E-state index contributed by atoms with van der Waals surface area (Å²) in [5.74, 6) is 0.524. The Morgan fingerprint density at radius 2 is 2.58 bits per heavy atom. The van der Waals surface area contributed by atoms with Crippen molar-refractivity contribution in [3.8, 4) is 0 Å². The molecule has 0 unspecified atom stereocenters. The Hall–Kier alpha value is -1.30. The zero-order valence-electron chi connectivity index (χ0n) is 5.95. The van der Waals surface area contributed by atoms with Gasteiger partial charge in [0.25, 0.3) is 0 Å². The summed E-state index contributed by atoms with van der Waals surface area (Å²) in [6.45, 7) is 0. The van der Waals surface area contributed by atoms with Crippen LogP contribution >= 0.6 is 15.9 Å². The molecule has 0 saturated heterocycles. The summed E-state index contributed by atoms with van der Waals surface area (Å²) in [5.41, 5.74) is 6.79. The van der Waals surface area contributed by atoms with Crippen molar-refractivity contribution in [3.05, 3.63) is 22.6 Å². The van der Waals surface area contributed by atoms with Crippen molar-refractivity contribution in [2.24, 2.45) is 10.8 Å². The minimum absolute atomic E-state index is 0.524. The second kappa shape index (κ2) is 3.91. The van der Waals surface area contributed by atoms with E-state index in [0.29, 0.717) is 5.76 Å². The first kappa shape index (κ1) is 8.79. The van der Waals surface area contributed by atoms with Gasteiger partial charge in [-0.05, 0) is 22.0 Å². The van der Waals surface area contributed by atoms with Gasteiger partial charge in [-0.1, -0.05) is 0 Å². The third-order valence-electron chi connectivity index (χ3n) is 0.954. The number of nitrogens with one attached hydrogen (secondary N) is 1. The summed E-state index contributed by atoms with van der Waals surface area (Å²) in [6, 6.07) is 0.989. The van der Waals surface area contributed by atoms with Crippen LogP contribution in [0.1, 0.15) is 5.76 Å². The number of nitrogens with two attached hydrogens (primary N) is 1. The lowest BCUT2D eigenvalue weighted by molar-refractivity contribution is 0.249. The van der Waals surface area contributed by atoms with Crippen LogP contribution in [-0.2, 0) is 0 Å². The molecule has 0 aliphatic rings. The van der Waals surface area contributed by atoms with E-state index in [0.717, 1.165) is 4.47 Å². The van der Waals surface area contributed by atoms with E-state index in [4.69, 9.17) is 10.2 Å². The molecule has 0 aliphatic carbocycles. The lowest BCUT2D eigenvalue weighted by Gasteiger charge is -1.87. The number of halogens is 1. The number of hydrogen-bond donors (Lipinski definition) is 2. The fraction of sp³-hybridized carbons (Fsp3) is 0. The molecule has 0 bridgehead atoms. The molecule has 0 saturated carbocycles. The molecular formula is C6H6BrN3O2. The summed E-state index contributed by atoms with van der Waals surface area (Å²) in [5, 5.41) is 3.49. The van der Waals surface area contributed by atoms with Gasteiger partial charge in [-0.15, -0.1) is 0 Å². The van der Waals surface area contributed by atoms with Crippen LogP contribution < -0.4 is 11.2 Å². The highest BCUT2D eigenvalue weighted by molar-refractivity contribution is 9.10. The van der Waals surface area contributed by atoms with E-state index in [1.54, 1.807) is 6.07 Å². The highest BCUT2D eigenvalue weighted by Gasteiger charge is 1.94. The Morgan fingerprint density at radius 1 is 1.83 bits per heavy atom. The van der Waals surface area contributed by atoms with E-state index < -0.39 is 6.03 Å². The Bertz CT molecular complexity index is 307. The molecule has 0 fully saturated rings. The molecule has 0 aromatic carbocycles. The highest BCUT2D eigenvalue weighted by Crippen LogP contribution is 2.11. The first-order valence-electron chi connectivity index (χ1n) is 3.01. The van der Waals surface area contributed by atoms with Gasteiger partial charge in [-0.2, -0.15) is 5.10 Å². The average molecular weight is 232 g/mol. The molecule has 6 heteroatoms. The van der Waals surface area contributed by atoms with Gasteiger partial charge in [-0.3, -0.25) is 0 Å². The number of hydrazone groups is 1. The second-order valence-corrected chi connectivity index (χ2v) is 2.82. The fourth-order valence-electron chi connectivity index (χ4n) is 0.555. The zero-order valence-corrected chi connectivity index (χ0v) is 7.54. The van der Waals surface area contributed by atoms with Crippen LogP contribution in [0.4, 0.5) is 4.79 Å².